The number of nitrogens with zero attached hydrogens (tertiary/aromatic N) is 1. The van der Waals surface area contributed by atoms with E-state index in [9.17, 15) is 13.2 Å². The standard InChI is InChI=1S/C13H21N3O4S/c1-9(8-20-2)15-13(17)12-6-11(21(14,18)19)7-16(12)10-4-3-5-10/h6-7,9-10H,3-5,8H2,1-2H3,(H,15,17)(H2,14,18,19). The highest BCUT2D eigenvalue weighted by molar-refractivity contribution is 7.89. The fourth-order valence-corrected chi connectivity index (χ4v) is 2.88. The first-order chi connectivity index (χ1) is 9.82. The summed E-state index contributed by atoms with van der Waals surface area (Å²) in [6.45, 7) is 2.20. The van der Waals surface area contributed by atoms with Crippen molar-refractivity contribution < 1.29 is 17.9 Å². The molecule has 0 radical (unpaired) electrons. The molecule has 0 saturated heterocycles. The second-order valence-corrected chi connectivity index (χ2v) is 6.99. The Morgan fingerprint density at radius 3 is 2.71 bits per heavy atom. The molecule has 2 rings (SSSR count). The number of rotatable bonds is 6. The minimum Gasteiger partial charge on any atom is -0.383 e. The van der Waals surface area contributed by atoms with Crippen LogP contribution < -0.4 is 10.5 Å². The van der Waals surface area contributed by atoms with Gasteiger partial charge < -0.3 is 14.6 Å². The topological polar surface area (TPSA) is 103 Å². The van der Waals surface area contributed by atoms with Gasteiger partial charge >= 0.3 is 0 Å². The van der Waals surface area contributed by atoms with E-state index in [0.29, 0.717) is 12.3 Å². The number of carbonyl (C=O) groups excluding carboxylic acids is 1. The van der Waals surface area contributed by atoms with Gasteiger partial charge in [0.15, 0.2) is 0 Å². The molecule has 118 valence electrons. The van der Waals surface area contributed by atoms with Crippen LogP contribution in [0.25, 0.3) is 0 Å². The molecule has 0 bridgehead atoms. The van der Waals surface area contributed by atoms with Crippen molar-refractivity contribution in [2.45, 2.75) is 43.2 Å². The number of carbonyl (C=O) groups is 1. The Bertz CT molecular complexity index is 619. The Hall–Kier alpha value is -1.38. The number of hydrogen-bond donors (Lipinski definition) is 2. The Morgan fingerprint density at radius 2 is 2.24 bits per heavy atom. The van der Waals surface area contributed by atoms with Gasteiger partial charge in [0.25, 0.3) is 5.91 Å². The number of primary sulfonamides is 1. The molecule has 1 atom stereocenters. The minimum atomic E-state index is -3.82. The zero-order valence-electron chi connectivity index (χ0n) is 12.2. The van der Waals surface area contributed by atoms with E-state index >= 15 is 0 Å². The first kappa shape index (κ1) is 16.0. The number of sulfonamides is 1. The average Bonchev–Trinajstić information content (AvgIpc) is 2.71. The summed E-state index contributed by atoms with van der Waals surface area (Å²) in [6, 6.07) is 1.34. The summed E-state index contributed by atoms with van der Waals surface area (Å²) >= 11 is 0. The molecule has 1 saturated carbocycles. The van der Waals surface area contributed by atoms with Gasteiger partial charge in [0.2, 0.25) is 10.0 Å². The largest absolute Gasteiger partial charge is 0.383 e. The van der Waals surface area contributed by atoms with Crippen molar-refractivity contribution in [1.29, 1.82) is 0 Å². The zero-order chi connectivity index (χ0) is 15.6. The highest BCUT2D eigenvalue weighted by Gasteiger charge is 2.27. The summed E-state index contributed by atoms with van der Waals surface area (Å²) in [5.74, 6) is -0.318. The third-order valence-corrected chi connectivity index (χ3v) is 4.53. The second kappa shape index (κ2) is 6.17. The molecule has 8 heteroatoms. The van der Waals surface area contributed by atoms with E-state index in [0.717, 1.165) is 19.3 Å². The van der Waals surface area contributed by atoms with E-state index in [1.165, 1.54) is 12.3 Å². The lowest BCUT2D eigenvalue weighted by molar-refractivity contribution is 0.0890. The number of nitrogens with one attached hydrogen (secondary N) is 1. The van der Waals surface area contributed by atoms with Gasteiger partial charge in [-0.15, -0.1) is 0 Å². The first-order valence-corrected chi connectivity index (χ1v) is 8.42. The fraction of sp³-hybridized carbons (Fsp3) is 0.615. The smallest absolute Gasteiger partial charge is 0.268 e. The maximum absolute atomic E-state index is 12.3. The van der Waals surface area contributed by atoms with E-state index in [1.807, 2.05) is 6.92 Å². The van der Waals surface area contributed by atoms with E-state index in [-0.39, 0.29) is 22.9 Å². The van der Waals surface area contributed by atoms with Crippen LogP contribution in [0.4, 0.5) is 0 Å². The average molecular weight is 315 g/mol. The van der Waals surface area contributed by atoms with Crippen LogP contribution in [0.2, 0.25) is 0 Å². The number of aromatic nitrogens is 1. The molecule has 3 N–H and O–H groups in total. The van der Waals surface area contributed by atoms with Crippen LogP contribution >= 0.6 is 0 Å². The van der Waals surface area contributed by atoms with Crippen molar-refractivity contribution in [1.82, 2.24) is 9.88 Å². The van der Waals surface area contributed by atoms with Crippen LogP contribution in [-0.4, -0.2) is 38.7 Å². The molecule has 1 heterocycles. The predicted octanol–water partition coefficient (Wildman–Crippen LogP) is 0.625. The van der Waals surface area contributed by atoms with Crippen LogP contribution in [0.1, 0.15) is 42.7 Å². The van der Waals surface area contributed by atoms with Gasteiger partial charge in [-0.25, -0.2) is 13.6 Å². The number of hydrogen-bond acceptors (Lipinski definition) is 4. The highest BCUT2D eigenvalue weighted by Crippen LogP contribution is 2.34. The van der Waals surface area contributed by atoms with Crippen molar-refractivity contribution in [3.63, 3.8) is 0 Å². The van der Waals surface area contributed by atoms with E-state index in [2.05, 4.69) is 5.32 Å². The summed E-state index contributed by atoms with van der Waals surface area (Å²) in [5.41, 5.74) is 0.326. The van der Waals surface area contributed by atoms with Crippen LogP contribution in [0.5, 0.6) is 0 Å². The van der Waals surface area contributed by atoms with Gasteiger partial charge in [0.05, 0.1) is 6.61 Å². The third kappa shape index (κ3) is 3.63. The second-order valence-electron chi connectivity index (χ2n) is 5.43. The Kier molecular flexibility index (Phi) is 4.70. The van der Waals surface area contributed by atoms with Crippen molar-refractivity contribution in [2.75, 3.05) is 13.7 Å². The monoisotopic (exact) mass is 315 g/mol. The maximum atomic E-state index is 12.3. The van der Waals surface area contributed by atoms with Gasteiger partial charge in [0, 0.05) is 25.4 Å². The Morgan fingerprint density at radius 1 is 1.57 bits per heavy atom. The summed E-state index contributed by atoms with van der Waals surface area (Å²) in [4.78, 5) is 12.3. The Labute approximate surface area is 124 Å². The molecule has 1 fully saturated rings. The van der Waals surface area contributed by atoms with Gasteiger partial charge in [-0.2, -0.15) is 0 Å². The molecule has 7 nitrogen and oxygen atoms in total. The highest BCUT2D eigenvalue weighted by atomic mass is 32.2. The molecule has 1 aliphatic carbocycles. The lowest BCUT2D eigenvalue weighted by Crippen LogP contribution is -2.37. The summed E-state index contributed by atoms with van der Waals surface area (Å²) in [7, 11) is -2.27. The molecular weight excluding hydrogens is 294 g/mol. The third-order valence-electron chi connectivity index (χ3n) is 3.65. The molecule has 0 spiro atoms. The zero-order valence-corrected chi connectivity index (χ0v) is 13.0. The summed E-state index contributed by atoms with van der Waals surface area (Å²) in [5, 5.41) is 7.94. The number of nitrogens with two attached hydrogens (primary N) is 1. The van der Waals surface area contributed by atoms with E-state index in [4.69, 9.17) is 9.88 Å². The number of amides is 1. The van der Waals surface area contributed by atoms with Crippen LogP contribution in [0.15, 0.2) is 17.2 Å². The van der Waals surface area contributed by atoms with Gasteiger partial charge in [-0.3, -0.25) is 4.79 Å². The quantitative estimate of drug-likeness (QED) is 0.803. The summed E-state index contributed by atoms with van der Waals surface area (Å²) < 4.78 is 29.7. The van der Waals surface area contributed by atoms with Gasteiger partial charge in [0.1, 0.15) is 10.6 Å². The van der Waals surface area contributed by atoms with Crippen molar-refractivity contribution in [3.8, 4) is 0 Å². The molecule has 1 aromatic heterocycles. The predicted molar refractivity (Wildman–Crippen MR) is 77.5 cm³/mol. The molecule has 1 aliphatic rings. The minimum absolute atomic E-state index is 0.0288. The number of methoxy groups -OCH3 is 1. The molecule has 1 aromatic rings. The van der Waals surface area contributed by atoms with Gasteiger partial charge in [-0.1, -0.05) is 0 Å². The van der Waals surface area contributed by atoms with Crippen molar-refractivity contribution in [3.05, 3.63) is 18.0 Å². The number of ether oxygens (including phenoxy) is 1. The SMILES string of the molecule is COCC(C)NC(=O)c1cc(S(N)(=O)=O)cn1C1CCC1. The molecule has 0 aliphatic heterocycles. The van der Waals surface area contributed by atoms with Crippen LogP contribution in [-0.2, 0) is 14.8 Å². The van der Waals surface area contributed by atoms with Crippen LogP contribution in [0, 0.1) is 0 Å². The first-order valence-electron chi connectivity index (χ1n) is 6.87. The van der Waals surface area contributed by atoms with E-state index in [1.54, 1.807) is 11.7 Å². The summed E-state index contributed by atoms with van der Waals surface area (Å²) in [6.07, 6.45) is 4.41. The normalized spacial score (nSPS) is 17.3. The molecular formula is C13H21N3O4S. The van der Waals surface area contributed by atoms with Gasteiger partial charge in [-0.05, 0) is 32.3 Å². The maximum Gasteiger partial charge on any atom is 0.268 e. The fourth-order valence-electron chi connectivity index (χ4n) is 2.35. The van der Waals surface area contributed by atoms with Crippen molar-refractivity contribution >= 4 is 15.9 Å². The van der Waals surface area contributed by atoms with E-state index < -0.39 is 10.0 Å². The lowest BCUT2D eigenvalue weighted by atomic mass is 9.93. The molecule has 21 heavy (non-hydrogen) atoms. The molecule has 0 aromatic carbocycles. The van der Waals surface area contributed by atoms with Crippen molar-refractivity contribution in [2.24, 2.45) is 5.14 Å². The molecule has 1 amide bonds. The molecule has 1 unspecified atom stereocenters. The Balaban J connectivity index is 2.28. The van der Waals surface area contributed by atoms with Crippen LogP contribution in [0.3, 0.4) is 0 Å². The lowest BCUT2D eigenvalue weighted by Gasteiger charge is -2.29.